The first-order valence-electron chi connectivity index (χ1n) is 20.1. The maximum Gasteiger partial charge on any atom is 0.0102 e. The van der Waals surface area contributed by atoms with Gasteiger partial charge in [-0.15, -0.1) is 0 Å². The van der Waals surface area contributed by atoms with Crippen LogP contribution in [0.5, 0.6) is 0 Å². The number of rotatable bonds is 6. The predicted octanol–water partition coefficient (Wildman–Crippen LogP) is 15.7. The smallest absolute Gasteiger partial charge is 0.0102 e. The van der Waals surface area contributed by atoms with Crippen LogP contribution in [0, 0.1) is 0 Å². The molecule has 0 nitrogen and oxygen atoms in total. The zero-order chi connectivity index (χ0) is 39.4. The van der Waals surface area contributed by atoms with Gasteiger partial charge in [-0.25, -0.2) is 0 Å². The van der Waals surface area contributed by atoms with Gasteiger partial charge in [-0.05, 0) is 106 Å². The van der Waals surface area contributed by atoms with E-state index in [1.807, 2.05) is 0 Å². The van der Waals surface area contributed by atoms with Gasteiger partial charge in [-0.3, -0.25) is 0 Å². The van der Waals surface area contributed by atoms with Crippen molar-refractivity contribution in [3.8, 4) is 22.3 Å². The highest BCUT2D eigenvalue weighted by Gasteiger charge is 2.30. The lowest BCUT2D eigenvalue weighted by atomic mass is 9.72. The maximum absolute atomic E-state index is 2.57. The molecule has 0 unspecified atom stereocenters. The molecule has 0 aliphatic heterocycles. The van der Waals surface area contributed by atoms with E-state index >= 15 is 0 Å². The third kappa shape index (κ3) is 9.14. The average molecular weight is 699 g/mol. The van der Waals surface area contributed by atoms with Gasteiger partial charge in [-0.2, -0.15) is 0 Å². The van der Waals surface area contributed by atoms with E-state index in [4.69, 9.17) is 0 Å². The summed E-state index contributed by atoms with van der Waals surface area (Å²) in [7, 11) is 0. The third-order valence-electron chi connectivity index (χ3n) is 11.1. The molecule has 4 aromatic rings. The highest BCUT2D eigenvalue weighted by molar-refractivity contribution is 5.76. The monoisotopic (exact) mass is 699 g/mol. The van der Waals surface area contributed by atoms with Gasteiger partial charge >= 0.3 is 0 Å². The summed E-state index contributed by atoms with van der Waals surface area (Å²) in [5.74, 6) is 0.236. The molecule has 0 atom stereocenters. The van der Waals surface area contributed by atoms with Gasteiger partial charge < -0.3 is 0 Å². The van der Waals surface area contributed by atoms with E-state index in [0.29, 0.717) is 0 Å². The summed E-state index contributed by atoms with van der Waals surface area (Å²) in [6.07, 6.45) is 2.19. The number of hydrogen-bond acceptors (Lipinski definition) is 0. The minimum absolute atomic E-state index is 0.0329. The molecule has 0 aromatic heterocycles. The van der Waals surface area contributed by atoms with Crippen LogP contribution in [0.3, 0.4) is 0 Å². The number of benzene rings is 4. The normalized spacial score (nSPS) is 13.6. The summed E-state index contributed by atoms with van der Waals surface area (Å²) in [4.78, 5) is 0. The molecule has 0 heterocycles. The first-order chi connectivity index (χ1) is 23.5. The Hall–Kier alpha value is -3.12. The summed E-state index contributed by atoms with van der Waals surface area (Å²) < 4.78 is 0. The Kier molecular flexibility index (Phi) is 11.4. The van der Waals surface area contributed by atoms with Crippen LogP contribution in [-0.2, 0) is 32.5 Å². The average Bonchev–Trinajstić information content (AvgIpc) is 3.00. The van der Waals surface area contributed by atoms with Crippen molar-refractivity contribution in [3.63, 3.8) is 0 Å². The van der Waals surface area contributed by atoms with E-state index < -0.39 is 0 Å². The lowest BCUT2D eigenvalue weighted by Crippen LogP contribution is -2.22. The largest absolute Gasteiger partial charge is 0.0653 e. The Labute approximate surface area is 321 Å². The quantitative estimate of drug-likeness (QED) is 0.188. The zero-order valence-electron chi connectivity index (χ0n) is 36.9. The Morgan fingerprint density at radius 2 is 0.692 bits per heavy atom. The van der Waals surface area contributed by atoms with Crippen LogP contribution in [0.15, 0.2) is 72.8 Å². The molecule has 0 amide bonds. The standard InChI is InChI=1S/C52H74/c1-20-21-40(41-32-36(47(2,3)4)24-26-38(41)34-22-28-43(49(8,9)10)45(30-34)51(14,15)16)42-33-37(48(5,6)7)25-27-39(42)35-23-29-44(50(11,12)13)46(31-35)52(17,18)19/h22-33,40H,20-21H2,1-19H3. The van der Waals surface area contributed by atoms with Gasteiger partial charge in [0.15, 0.2) is 0 Å². The first kappa shape index (κ1) is 41.6. The van der Waals surface area contributed by atoms with Gasteiger partial charge in [0.25, 0.3) is 0 Å². The van der Waals surface area contributed by atoms with E-state index in [1.165, 1.54) is 66.8 Å². The molecule has 0 aliphatic rings. The molecule has 52 heavy (non-hydrogen) atoms. The molecule has 0 fully saturated rings. The Bertz CT molecular complexity index is 1730. The molecule has 0 radical (unpaired) electrons. The molecular weight excluding hydrogens is 625 g/mol. The minimum Gasteiger partial charge on any atom is -0.0653 e. The van der Waals surface area contributed by atoms with Crippen molar-refractivity contribution in [1.82, 2.24) is 0 Å². The Morgan fingerprint density at radius 1 is 0.365 bits per heavy atom. The van der Waals surface area contributed by atoms with Crippen LogP contribution in [0.2, 0.25) is 0 Å². The molecular formula is C52H74. The molecule has 0 aliphatic carbocycles. The lowest BCUT2D eigenvalue weighted by molar-refractivity contribution is 0.530. The maximum atomic E-state index is 2.57. The van der Waals surface area contributed by atoms with E-state index in [0.717, 1.165) is 12.8 Å². The van der Waals surface area contributed by atoms with E-state index in [-0.39, 0.29) is 38.4 Å². The fraction of sp³-hybridized carbons (Fsp3) is 0.538. The molecule has 0 N–H and O–H groups in total. The highest BCUT2D eigenvalue weighted by Crippen LogP contribution is 2.46. The van der Waals surface area contributed by atoms with Crippen molar-refractivity contribution >= 4 is 0 Å². The van der Waals surface area contributed by atoms with Crippen LogP contribution in [-0.4, -0.2) is 0 Å². The van der Waals surface area contributed by atoms with Crippen LogP contribution in [0.1, 0.15) is 195 Å². The highest BCUT2D eigenvalue weighted by atomic mass is 14.3. The first-order valence-corrected chi connectivity index (χ1v) is 20.1. The molecule has 282 valence electrons. The van der Waals surface area contributed by atoms with Gasteiger partial charge in [0, 0.05) is 5.92 Å². The second-order valence-corrected chi connectivity index (χ2v) is 22.0. The van der Waals surface area contributed by atoms with Crippen LogP contribution in [0.4, 0.5) is 0 Å². The molecule has 4 rings (SSSR count). The van der Waals surface area contributed by atoms with Gasteiger partial charge in [0.05, 0.1) is 0 Å². The fourth-order valence-electron chi connectivity index (χ4n) is 7.90. The lowest BCUT2D eigenvalue weighted by Gasteiger charge is -2.32. The van der Waals surface area contributed by atoms with Crippen molar-refractivity contribution in [2.45, 2.75) is 183 Å². The Balaban J connectivity index is 2.14. The topological polar surface area (TPSA) is 0 Å². The molecule has 0 heteroatoms. The van der Waals surface area contributed by atoms with Crippen LogP contribution >= 0.6 is 0 Å². The van der Waals surface area contributed by atoms with Gasteiger partial charge in [-0.1, -0.05) is 211 Å². The summed E-state index contributed by atoms with van der Waals surface area (Å²) in [5.41, 5.74) is 17.1. The molecule has 4 aromatic carbocycles. The number of hydrogen-bond donors (Lipinski definition) is 0. The second-order valence-electron chi connectivity index (χ2n) is 22.0. The molecule has 0 spiro atoms. The molecule has 0 bridgehead atoms. The summed E-state index contributed by atoms with van der Waals surface area (Å²) in [6, 6.07) is 29.5. The van der Waals surface area contributed by atoms with E-state index in [1.54, 1.807) is 0 Å². The van der Waals surface area contributed by atoms with Crippen LogP contribution in [0.25, 0.3) is 22.3 Å². The summed E-state index contributed by atoms with van der Waals surface area (Å²) in [6.45, 7) is 44.8. The van der Waals surface area contributed by atoms with Crippen molar-refractivity contribution in [3.05, 3.63) is 117 Å². The van der Waals surface area contributed by atoms with Gasteiger partial charge in [0.1, 0.15) is 0 Å². The van der Waals surface area contributed by atoms with E-state index in [2.05, 4.69) is 204 Å². The fourth-order valence-corrected chi connectivity index (χ4v) is 7.90. The minimum atomic E-state index is 0.0329. The SMILES string of the molecule is CCCC(c1cc(C(C)(C)C)ccc1-c1ccc(C(C)(C)C)c(C(C)(C)C)c1)c1cc(C(C)(C)C)ccc1-c1ccc(C(C)(C)C)c(C(C)(C)C)c1. The zero-order valence-corrected chi connectivity index (χ0v) is 36.9. The van der Waals surface area contributed by atoms with Gasteiger partial charge in [0.2, 0.25) is 0 Å². The third-order valence-corrected chi connectivity index (χ3v) is 11.1. The predicted molar refractivity (Wildman–Crippen MR) is 233 cm³/mol. The van der Waals surface area contributed by atoms with Crippen molar-refractivity contribution in [1.29, 1.82) is 0 Å². The van der Waals surface area contributed by atoms with Crippen molar-refractivity contribution in [2.75, 3.05) is 0 Å². The Morgan fingerprint density at radius 3 is 0.962 bits per heavy atom. The molecule has 0 saturated heterocycles. The summed E-state index contributed by atoms with van der Waals surface area (Å²) in [5, 5.41) is 0. The second kappa shape index (κ2) is 14.3. The molecule has 0 saturated carbocycles. The van der Waals surface area contributed by atoms with Crippen molar-refractivity contribution in [2.24, 2.45) is 0 Å². The van der Waals surface area contributed by atoms with Crippen LogP contribution < -0.4 is 0 Å². The van der Waals surface area contributed by atoms with E-state index in [9.17, 15) is 0 Å². The summed E-state index contributed by atoms with van der Waals surface area (Å²) >= 11 is 0. The van der Waals surface area contributed by atoms with Crippen molar-refractivity contribution < 1.29 is 0 Å².